The Labute approximate surface area is 398 Å². The molecule has 0 radical (unpaired) electrons. The molecule has 8 aromatic rings. The number of benzene rings is 8. The summed E-state index contributed by atoms with van der Waals surface area (Å²) in [5.74, 6) is 0. The van der Waals surface area contributed by atoms with Crippen molar-refractivity contribution in [2.75, 3.05) is 9.80 Å². The molecule has 2 heteroatoms. The monoisotopic (exact) mass is 868 g/mol. The molecule has 2 atom stereocenters. The van der Waals surface area contributed by atoms with Crippen LogP contribution in [0.2, 0.25) is 0 Å². The van der Waals surface area contributed by atoms with E-state index in [2.05, 4.69) is 258 Å². The summed E-state index contributed by atoms with van der Waals surface area (Å²) >= 11 is 0. The van der Waals surface area contributed by atoms with E-state index in [9.17, 15) is 0 Å². The second-order valence-electron chi connectivity index (χ2n) is 19.8. The average Bonchev–Trinajstić information content (AvgIpc) is 3.91. The van der Waals surface area contributed by atoms with Crippen LogP contribution in [0, 0.1) is 13.8 Å². The Kier molecular flexibility index (Phi) is 10.5. The molecule has 0 heterocycles. The third kappa shape index (κ3) is 7.17. The molecule has 0 bridgehead atoms. The molecule has 0 aliphatic heterocycles. The van der Waals surface area contributed by atoms with Crippen LogP contribution in [0.25, 0.3) is 35.4 Å². The van der Waals surface area contributed by atoms with Gasteiger partial charge in [0.2, 0.25) is 0 Å². The molecule has 0 aromatic heterocycles. The maximum atomic E-state index is 2.65. The number of aryl methyl sites for hydroxylation is 2. The Morgan fingerprint density at radius 2 is 0.836 bits per heavy atom. The van der Waals surface area contributed by atoms with E-state index < -0.39 is 0 Å². The van der Waals surface area contributed by atoms with Crippen LogP contribution in [-0.2, 0) is 22.9 Å². The standard InChI is InChI=1S/C65H60N2/c1-7-39-65(67(54-33-21-46(4)22-34-54)55-37-29-50(30-38-55)26-24-48-17-13-10-14-18-48)61-41-57-56-40-51-44-64(8-2,58(51)42-59(56)63(5,6)60(57)43-62(61)65)66(52-31-19-45(3)20-32-52)53-35-27-49(28-36-53)25-23-47-15-11-9-12-16-47/h9-38,40-43H,7-8,39,44H2,1-6H3/b25-23+,26-24+. The molecule has 0 N–H and O–H groups in total. The number of hydrogen-bond acceptors (Lipinski definition) is 2. The van der Waals surface area contributed by atoms with E-state index >= 15 is 0 Å². The van der Waals surface area contributed by atoms with Crippen molar-refractivity contribution in [1.29, 1.82) is 0 Å². The SMILES string of the molecule is CCCC1(N(c2ccc(C)cc2)c2ccc(/C=C/c3ccccc3)cc2)c2cc3c(cc21)C(C)(C)c1cc2c(cc1-3)CC2(CC)N(c1ccc(C)cc1)c1ccc(/C=C/c2ccccc2)cc1. The fraction of sp³-hybridized carbons (Fsp3) is 0.200. The van der Waals surface area contributed by atoms with Gasteiger partial charge in [-0.1, -0.05) is 197 Å². The van der Waals surface area contributed by atoms with Crippen molar-refractivity contribution in [3.05, 3.63) is 249 Å². The van der Waals surface area contributed by atoms with E-state index in [1.807, 2.05) is 0 Å². The summed E-state index contributed by atoms with van der Waals surface area (Å²) in [5.41, 5.74) is 23.3. The molecule has 330 valence electrons. The maximum Gasteiger partial charge on any atom is 0.0962 e. The lowest BCUT2D eigenvalue weighted by Crippen LogP contribution is -2.51. The van der Waals surface area contributed by atoms with E-state index in [-0.39, 0.29) is 16.5 Å². The Morgan fingerprint density at radius 1 is 0.433 bits per heavy atom. The summed E-state index contributed by atoms with van der Waals surface area (Å²) in [4.78, 5) is 5.29. The van der Waals surface area contributed by atoms with Crippen molar-refractivity contribution < 1.29 is 0 Å². The summed E-state index contributed by atoms with van der Waals surface area (Å²) in [6, 6.07) is 68.2. The molecule has 0 saturated heterocycles. The van der Waals surface area contributed by atoms with Crippen LogP contribution in [0.3, 0.4) is 0 Å². The maximum absolute atomic E-state index is 2.65. The lowest BCUT2D eigenvalue weighted by molar-refractivity contribution is 0.362. The predicted octanol–water partition coefficient (Wildman–Crippen LogP) is 17.1. The third-order valence-corrected chi connectivity index (χ3v) is 15.3. The smallest absolute Gasteiger partial charge is 0.0962 e. The van der Waals surface area contributed by atoms with Gasteiger partial charge in [-0.15, -0.1) is 0 Å². The van der Waals surface area contributed by atoms with Gasteiger partial charge in [0.15, 0.2) is 0 Å². The lowest BCUT2D eigenvalue weighted by atomic mass is 9.65. The van der Waals surface area contributed by atoms with E-state index in [1.54, 1.807) is 0 Å². The van der Waals surface area contributed by atoms with E-state index in [4.69, 9.17) is 0 Å². The van der Waals surface area contributed by atoms with Gasteiger partial charge in [-0.25, -0.2) is 0 Å². The zero-order valence-electron chi connectivity index (χ0n) is 39.9. The van der Waals surface area contributed by atoms with E-state index in [0.717, 1.165) is 25.7 Å². The fourth-order valence-electron chi connectivity index (χ4n) is 11.6. The minimum atomic E-state index is -0.218. The van der Waals surface area contributed by atoms with Crippen molar-refractivity contribution in [1.82, 2.24) is 0 Å². The minimum Gasteiger partial charge on any atom is -0.331 e. The first kappa shape index (κ1) is 42.5. The summed E-state index contributed by atoms with van der Waals surface area (Å²) in [7, 11) is 0. The van der Waals surface area contributed by atoms with Gasteiger partial charge in [0.25, 0.3) is 0 Å². The van der Waals surface area contributed by atoms with Crippen LogP contribution < -0.4 is 9.80 Å². The number of fused-ring (bicyclic) bond motifs is 5. The second kappa shape index (κ2) is 16.6. The Bertz CT molecular complexity index is 3160. The highest BCUT2D eigenvalue weighted by Crippen LogP contribution is 2.64. The normalized spacial score (nSPS) is 18.2. The first-order chi connectivity index (χ1) is 32.6. The molecule has 8 aromatic carbocycles. The van der Waals surface area contributed by atoms with Gasteiger partial charge in [0.1, 0.15) is 0 Å². The zero-order chi connectivity index (χ0) is 45.9. The molecule has 0 spiro atoms. The van der Waals surface area contributed by atoms with Crippen LogP contribution >= 0.6 is 0 Å². The Morgan fingerprint density at radius 3 is 1.30 bits per heavy atom. The van der Waals surface area contributed by atoms with Gasteiger partial charge in [0, 0.05) is 34.6 Å². The molecule has 2 unspecified atom stereocenters. The third-order valence-electron chi connectivity index (χ3n) is 15.3. The van der Waals surface area contributed by atoms with Crippen molar-refractivity contribution in [3.63, 3.8) is 0 Å². The van der Waals surface area contributed by atoms with Crippen molar-refractivity contribution in [2.45, 2.75) is 83.7 Å². The fourth-order valence-corrected chi connectivity index (χ4v) is 11.6. The van der Waals surface area contributed by atoms with E-state index in [0.29, 0.717) is 0 Å². The molecule has 11 rings (SSSR count). The molecule has 2 nitrogen and oxygen atoms in total. The minimum absolute atomic E-state index is 0.160. The zero-order valence-corrected chi connectivity index (χ0v) is 39.9. The largest absolute Gasteiger partial charge is 0.331 e. The van der Waals surface area contributed by atoms with Gasteiger partial charge in [0.05, 0.1) is 11.1 Å². The summed E-state index contributed by atoms with van der Waals surface area (Å²) in [6.07, 6.45) is 13.0. The average molecular weight is 869 g/mol. The second-order valence-corrected chi connectivity index (χ2v) is 19.8. The summed E-state index contributed by atoms with van der Waals surface area (Å²) in [6.45, 7) is 14.0. The predicted molar refractivity (Wildman–Crippen MR) is 286 cm³/mol. The lowest BCUT2D eigenvalue weighted by Gasteiger charge is -2.53. The van der Waals surface area contributed by atoms with Crippen molar-refractivity contribution in [3.8, 4) is 11.1 Å². The topological polar surface area (TPSA) is 6.48 Å². The van der Waals surface area contributed by atoms with Crippen molar-refractivity contribution in [2.24, 2.45) is 0 Å². The van der Waals surface area contributed by atoms with Crippen LogP contribution in [-0.4, -0.2) is 0 Å². The first-order valence-electron chi connectivity index (χ1n) is 24.4. The quantitative estimate of drug-likeness (QED) is 0.107. The summed E-state index contributed by atoms with van der Waals surface area (Å²) < 4.78 is 0. The highest BCUT2D eigenvalue weighted by atomic mass is 15.2. The van der Waals surface area contributed by atoms with Gasteiger partial charge in [-0.2, -0.15) is 0 Å². The molecule has 3 aliphatic carbocycles. The highest BCUT2D eigenvalue weighted by molar-refractivity contribution is 5.89. The molecule has 67 heavy (non-hydrogen) atoms. The molecule has 0 saturated carbocycles. The highest BCUT2D eigenvalue weighted by Gasteiger charge is 2.57. The Balaban J connectivity index is 0.964. The number of anilines is 4. The number of hydrogen-bond donors (Lipinski definition) is 0. The van der Waals surface area contributed by atoms with Crippen molar-refractivity contribution >= 4 is 47.1 Å². The van der Waals surface area contributed by atoms with Gasteiger partial charge >= 0.3 is 0 Å². The van der Waals surface area contributed by atoms with Crippen LogP contribution in [0.5, 0.6) is 0 Å². The van der Waals surface area contributed by atoms with Crippen LogP contribution in [0.15, 0.2) is 182 Å². The molecular formula is C65H60N2. The summed E-state index contributed by atoms with van der Waals surface area (Å²) in [5, 5.41) is 0. The number of rotatable bonds is 13. The molecule has 3 aliphatic rings. The van der Waals surface area contributed by atoms with Gasteiger partial charge in [-0.05, 0) is 148 Å². The van der Waals surface area contributed by atoms with Crippen LogP contribution in [0.1, 0.15) is 114 Å². The van der Waals surface area contributed by atoms with Gasteiger partial charge in [-0.3, -0.25) is 0 Å². The molecular weight excluding hydrogens is 809 g/mol. The van der Waals surface area contributed by atoms with E-state index in [1.165, 1.54) is 101 Å². The molecule has 0 amide bonds. The first-order valence-corrected chi connectivity index (χ1v) is 24.4. The number of nitrogens with zero attached hydrogens (tertiary/aromatic N) is 2. The van der Waals surface area contributed by atoms with Crippen LogP contribution in [0.4, 0.5) is 22.7 Å². The Hall–Kier alpha value is -7.16. The molecule has 0 fully saturated rings. The van der Waals surface area contributed by atoms with Gasteiger partial charge < -0.3 is 9.80 Å².